The summed E-state index contributed by atoms with van der Waals surface area (Å²) in [4.78, 5) is 0. The van der Waals surface area contributed by atoms with Gasteiger partial charge in [0.2, 0.25) is 0 Å². The van der Waals surface area contributed by atoms with E-state index in [-0.39, 0.29) is 5.82 Å². The molecule has 0 saturated heterocycles. The molecule has 0 aliphatic carbocycles. The summed E-state index contributed by atoms with van der Waals surface area (Å²) >= 11 is 0. The van der Waals surface area contributed by atoms with Crippen LogP contribution in [0.2, 0.25) is 0 Å². The molecule has 0 aromatic heterocycles. The van der Waals surface area contributed by atoms with Crippen molar-refractivity contribution in [2.45, 2.75) is 33.7 Å². The van der Waals surface area contributed by atoms with Crippen molar-refractivity contribution in [2.75, 3.05) is 5.32 Å². The maximum atomic E-state index is 13.2. The molecule has 0 aliphatic rings. The highest BCUT2D eigenvalue weighted by atomic mass is 19.1. The van der Waals surface area contributed by atoms with Gasteiger partial charge in [-0.25, -0.2) is 4.39 Å². The molecule has 20 heavy (non-hydrogen) atoms. The van der Waals surface area contributed by atoms with Gasteiger partial charge in [0.15, 0.2) is 0 Å². The van der Waals surface area contributed by atoms with Crippen LogP contribution in [0, 0.1) is 18.7 Å². The highest BCUT2D eigenvalue weighted by Gasteiger charge is 2.01. The molecule has 0 amide bonds. The highest BCUT2D eigenvalue weighted by Crippen LogP contribution is 2.17. The van der Waals surface area contributed by atoms with Crippen molar-refractivity contribution < 1.29 is 4.39 Å². The molecule has 2 aromatic carbocycles. The Bertz CT molecular complexity index is 558. The first kappa shape index (κ1) is 14.6. The second-order valence-corrected chi connectivity index (χ2v) is 5.73. The van der Waals surface area contributed by atoms with Crippen LogP contribution in [0.4, 0.5) is 10.1 Å². The molecule has 1 nitrogen and oxygen atoms in total. The molecule has 0 radical (unpaired) electrons. The van der Waals surface area contributed by atoms with Gasteiger partial charge in [0, 0.05) is 12.2 Å². The summed E-state index contributed by atoms with van der Waals surface area (Å²) in [7, 11) is 0. The largest absolute Gasteiger partial charge is 0.381 e. The van der Waals surface area contributed by atoms with Gasteiger partial charge in [-0.3, -0.25) is 0 Å². The molecule has 106 valence electrons. The third kappa shape index (κ3) is 4.09. The standard InChI is InChI=1S/C18H22FN/c1-13(2)10-15-5-7-16(8-6-15)12-20-18-11-17(19)9-4-14(18)3/h4-9,11,13,20H,10,12H2,1-3H3. The second kappa shape index (κ2) is 6.56. The molecule has 0 unspecified atom stereocenters. The van der Waals surface area contributed by atoms with E-state index in [9.17, 15) is 4.39 Å². The van der Waals surface area contributed by atoms with E-state index < -0.39 is 0 Å². The molecule has 0 bridgehead atoms. The summed E-state index contributed by atoms with van der Waals surface area (Å²) < 4.78 is 13.2. The Morgan fingerprint density at radius 2 is 1.65 bits per heavy atom. The highest BCUT2D eigenvalue weighted by molar-refractivity contribution is 5.51. The molecular formula is C18H22FN. The Labute approximate surface area is 120 Å². The van der Waals surface area contributed by atoms with E-state index in [0.29, 0.717) is 12.5 Å². The smallest absolute Gasteiger partial charge is 0.125 e. The van der Waals surface area contributed by atoms with E-state index in [1.807, 2.05) is 6.92 Å². The lowest BCUT2D eigenvalue weighted by molar-refractivity contribution is 0.628. The molecular weight excluding hydrogens is 249 g/mol. The molecule has 1 N–H and O–H groups in total. The molecule has 2 rings (SSSR count). The van der Waals surface area contributed by atoms with Gasteiger partial charge in [-0.1, -0.05) is 44.2 Å². The van der Waals surface area contributed by atoms with Gasteiger partial charge in [0.1, 0.15) is 5.82 Å². The van der Waals surface area contributed by atoms with Crippen molar-refractivity contribution >= 4 is 5.69 Å². The van der Waals surface area contributed by atoms with E-state index in [4.69, 9.17) is 0 Å². The molecule has 2 heteroatoms. The Balaban J connectivity index is 1.98. The minimum Gasteiger partial charge on any atom is -0.381 e. The van der Waals surface area contributed by atoms with Crippen LogP contribution in [0.3, 0.4) is 0 Å². The zero-order valence-corrected chi connectivity index (χ0v) is 12.4. The maximum absolute atomic E-state index is 13.2. The lowest BCUT2D eigenvalue weighted by atomic mass is 10.0. The van der Waals surface area contributed by atoms with E-state index in [1.54, 1.807) is 12.1 Å². The Kier molecular flexibility index (Phi) is 4.78. The molecule has 0 saturated carbocycles. The maximum Gasteiger partial charge on any atom is 0.125 e. The number of hydrogen-bond donors (Lipinski definition) is 1. The third-order valence-corrected chi connectivity index (χ3v) is 3.35. The topological polar surface area (TPSA) is 12.0 Å². The summed E-state index contributed by atoms with van der Waals surface area (Å²) in [5.74, 6) is 0.472. The first-order valence-electron chi connectivity index (χ1n) is 7.12. The van der Waals surface area contributed by atoms with Crippen molar-refractivity contribution in [3.05, 3.63) is 65.0 Å². The van der Waals surface area contributed by atoms with Crippen LogP contribution in [0.1, 0.15) is 30.5 Å². The first-order chi connectivity index (χ1) is 9.54. The predicted molar refractivity (Wildman–Crippen MR) is 83.4 cm³/mol. The summed E-state index contributed by atoms with van der Waals surface area (Å²) in [6.07, 6.45) is 1.11. The van der Waals surface area contributed by atoms with Gasteiger partial charge >= 0.3 is 0 Å². The first-order valence-corrected chi connectivity index (χ1v) is 7.12. The second-order valence-electron chi connectivity index (χ2n) is 5.73. The zero-order chi connectivity index (χ0) is 14.5. The third-order valence-electron chi connectivity index (χ3n) is 3.35. The summed E-state index contributed by atoms with van der Waals surface area (Å²) in [5.41, 5.74) is 4.49. The minimum atomic E-state index is -0.203. The number of rotatable bonds is 5. The number of hydrogen-bond acceptors (Lipinski definition) is 1. The van der Waals surface area contributed by atoms with Crippen LogP contribution in [0.15, 0.2) is 42.5 Å². The fourth-order valence-electron chi connectivity index (χ4n) is 2.25. The summed E-state index contributed by atoms with van der Waals surface area (Å²) in [5, 5.41) is 3.29. The van der Waals surface area contributed by atoms with E-state index in [2.05, 4.69) is 43.4 Å². The average Bonchev–Trinajstić information content (AvgIpc) is 2.41. The molecule has 0 aliphatic heterocycles. The van der Waals surface area contributed by atoms with Gasteiger partial charge in [-0.15, -0.1) is 0 Å². The lowest BCUT2D eigenvalue weighted by Crippen LogP contribution is -2.02. The number of aryl methyl sites for hydroxylation is 1. The normalized spacial score (nSPS) is 10.8. The van der Waals surface area contributed by atoms with Gasteiger partial charge in [-0.05, 0) is 48.1 Å². The van der Waals surface area contributed by atoms with Gasteiger partial charge in [-0.2, -0.15) is 0 Å². The van der Waals surface area contributed by atoms with Crippen LogP contribution >= 0.6 is 0 Å². The number of halogens is 1. The molecule has 0 heterocycles. The SMILES string of the molecule is Cc1ccc(F)cc1NCc1ccc(CC(C)C)cc1. The van der Waals surface area contributed by atoms with Crippen molar-refractivity contribution in [2.24, 2.45) is 5.92 Å². The van der Waals surface area contributed by atoms with Crippen LogP contribution in [0.25, 0.3) is 0 Å². The Hall–Kier alpha value is -1.83. The van der Waals surface area contributed by atoms with Gasteiger partial charge < -0.3 is 5.32 Å². The Morgan fingerprint density at radius 1 is 1.00 bits per heavy atom. The van der Waals surface area contributed by atoms with Crippen molar-refractivity contribution in [3.8, 4) is 0 Å². The average molecular weight is 271 g/mol. The molecule has 0 spiro atoms. The monoisotopic (exact) mass is 271 g/mol. The predicted octanol–water partition coefficient (Wildman–Crippen LogP) is 4.94. The van der Waals surface area contributed by atoms with Crippen molar-refractivity contribution in [1.82, 2.24) is 0 Å². The van der Waals surface area contributed by atoms with Crippen LogP contribution in [-0.2, 0) is 13.0 Å². The zero-order valence-electron chi connectivity index (χ0n) is 12.4. The van der Waals surface area contributed by atoms with Crippen molar-refractivity contribution in [3.63, 3.8) is 0 Å². The van der Waals surface area contributed by atoms with Crippen LogP contribution in [-0.4, -0.2) is 0 Å². The van der Waals surface area contributed by atoms with Crippen molar-refractivity contribution in [1.29, 1.82) is 0 Å². The quantitative estimate of drug-likeness (QED) is 0.811. The van der Waals surface area contributed by atoms with Crippen LogP contribution < -0.4 is 5.32 Å². The Morgan fingerprint density at radius 3 is 2.30 bits per heavy atom. The number of anilines is 1. The molecule has 0 atom stereocenters. The fourth-order valence-corrected chi connectivity index (χ4v) is 2.25. The van der Waals surface area contributed by atoms with Crippen LogP contribution in [0.5, 0.6) is 0 Å². The van der Waals surface area contributed by atoms with Gasteiger partial charge in [0.05, 0.1) is 0 Å². The number of benzene rings is 2. The van der Waals surface area contributed by atoms with E-state index in [0.717, 1.165) is 17.7 Å². The fraction of sp³-hybridized carbons (Fsp3) is 0.333. The van der Waals surface area contributed by atoms with E-state index in [1.165, 1.54) is 17.2 Å². The molecule has 0 fully saturated rings. The minimum absolute atomic E-state index is 0.203. The molecule has 2 aromatic rings. The number of nitrogens with one attached hydrogen (secondary N) is 1. The summed E-state index contributed by atoms with van der Waals surface area (Å²) in [6, 6.07) is 13.5. The van der Waals surface area contributed by atoms with E-state index >= 15 is 0 Å². The summed E-state index contributed by atoms with van der Waals surface area (Å²) in [6.45, 7) is 7.14. The van der Waals surface area contributed by atoms with Gasteiger partial charge in [0.25, 0.3) is 0 Å². The lowest BCUT2D eigenvalue weighted by Gasteiger charge is -2.11.